The van der Waals surface area contributed by atoms with E-state index in [1.54, 1.807) is 11.3 Å². The molecule has 128 valence electrons. The lowest BCUT2D eigenvalue weighted by molar-refractivity contribution is 0.232. The number of amides is 2. The Labute approximate surface area is 144 Å². The summed E-state index contributed by atoms with van der Waals surface area (Å²) in [6, 6.07) is -0.237. The van der Waals surface area contributed by atoms with Crippen LogP contribution in [0.25, 0.3) is 0 Å². The lowest BCUT2D eigenvalue weighted by Crippen LogP contribution is -2.40. The van der Waals surface area contributed by atoms with Crippen molar-refractivity contribution in [3.63, 3.8) is 0 Å². The van der Waals surface area contributed by atoms with Crippen LogP contribution >= 0.6 is 11.3 Å². The highest BCUT2D eigenvalue weighted by atomic mass is 32.1. The first kappa shape index (κ1) is 15.6. The number of carbonyl (C=O) groups excluding carboxylic acids is 1. The predicted octanol–water partition coefficient (Wildman–Crippen LogP) is 2.51. The van der Waals surface area contributed by atoms with E-state index in [4.69, 9.17) is 0 Å². The van der Waals surface area contributed by atoms with Gasteiger partial charge in [-0.3, -0.25) is 0 Å². The SMILES string of the molecule is CCc1nc2n(n1)CCC[C@@H]2NC(=O)NCc1csc(C2CC2)n1. The number of aryl methyl sites for hydroxylation is 2. The summed E-state index contributed by atoms with van der Waals surface area (Å²) in [5.74, 6) is 2.38. The number of nitrogens with zero attached hydrogens (tertiary/aromatic N) is 4. The summed E-state index contributed by atoms with van der Waals surface area (Å²) in [5, 5.41) is 13.7. The number of hydrogen-bond acceptors (Lipinski definition) is 5. The number of rotatable bonds is 5. The summed E-state index contributed by atoms with van der Waals surface area (Å²) in [4.78, 5) is 21.4. The van der Waals surface area contributed by atoms with Crippen LogP contribution in [0.3, 0.4) is 0 Å². The molecule has 0 unspecified atom stereocenters. The van der Waals surface area contributed by atoms with Gasteiger partial charge < -0.3 is 10.6 Å². The zero-order chi connectivity index (χ0) is 16.5. The molecule has 1 fully saturated rings. The summed E-state index contributed by atoms with van der Waals surface area (Å²) in [7, 11) is 0. The molecule has 0 aromatic carbocycles. The van der Waals surface area contributed by atoms with Crippen LogP contribution in [0.2, 0.25) is 0 Å². The highest BCUT2D eigenvalue weighted by Gasteiger charge is 2.27. The average molecular weight is 346 g/mol. The minimum absolute atomic E-state index is 0.0657. The number of thiazole rings is 1. The Kier molecular flexibility index (Phi) is 4.22. The maximum Gasteiger partial charge on any atom is 0.315 e. The van der Waals surface area contributed by atoms with Crippen LogP contribution in [-0.2, 0) is 19.5 Å². The van der Waals surface area contributed by atoms with Gasteiger partial charge in [-0.25, -0.2) is 19.4 Å². The van der Waals surface area contributed by atoms with Crippen molar-refractivity contribution in [2.24, 2.45) is 0 Å². The van der Waals surface area contributed by atoms with Crippen LogP contribution in [0.15, 0.2) is 5.38 Å². The molecule has 4 rings (SSSR count). The van der Waals surface area contributed by atoms with Crippen molar-refractivity contribution in [1.82, 2.24) is 30.4 Å². The normalized spacial score (nSPS) is 19.8. The topological polar surface area (TPSA) is 84.7 Å². The Morgan fingerprint density at radius 3 is 3.04 bits per heavy atom. The van der Waals surface area contributed by atoms with Crippen molar-refractivity contribution in [2.75, 3.05) is 0 Å². The van der Waals surface area contributed by atoms with Crippen LogP contribution in [0.4, 0.5) is 4.79 Å². The minimum atomic E-state index is -0.171. The molecule has 3 heterocycles. The number of nitrogens with one attached hydrogen (secondary N) is 2. The third-order valence-electron chi connectivity index (χ3n) is 4.47. The molecule has 7 nitrogen and oxygen atoms in total. The van der Waals surface area contributed by atoms with Gasteiger partial charge in [-0.05, 0) is 25.7 Å². The highest BCUT2D eigenvalue weighted by Crippen LogP contribution is 2.41. The smallest absolute Gasteiger partial charge is 0.315 e. The van der Waals surface area contributed by atoms with Gasteiger partial charge >= 0.3 is 6.03 Å². The Morgan fingerprint density at radius 2 is 2.25 bits per heavy atom. The van der Waals surface area contributed by atoms with Gasteiger partial charge in [-0.1, -0.05) is 6.92 Å². The van der Waals surface area contributed by atoms with E-state index < -0.39 is 0 Å². The number of urea groups is 1. The standard InChI is InChI=1S/C16H22N6OS/c1-2-13-20-14-12(4-3-7-22(14)21-13)19-16(23)17-8-11-9-24-15(18-11)10-5-6-10/h9-10,12H,2-8H2,1H3,(H2,17,19,23)/t12-/m0/s1. The Bertz CT molecular complexity index is 735. The van der Waals surface area contributed by atoms with Gasteiger partial charge in [-0.15, -0.1) is 11.3 Å². The second-order valence-corrected chi connectivity index (χ2v) is 7.33. The van der Waals surface area contributed by atoms with Crippen molar-refractivity contribution in [1.29, 1.82) is 0 Å². The maximum absolute atomic E-state index is 12.2. The molecule has 0 radical (unpaired) electrons. The van der Waals surface area contributed by atoms with E-state index in [9.17, 15) is 4.79 Å². The second kappa shape index (κ2) is 6.51. The van der Waals surface area contributed by atoms with Crippen molar-refractivity contribution in [3.05, 3.63) is 27.7 Å². The molecule has 2 N–H and O–H groups in total. The molecule has 1 aliphatic carbocycles. The van der Waals surface area contributed by atoms with Crippen molar-refractivity contribution in [2.45, 2.75) is 64.1 Å². The van der Waals surface area contributed by atoms with E-state index in [1.807, 2.05) is 17.0 Å². The number of aromatic nitrogens is 4. The molecule has 1 saturated carbocycles. The van der Waals surface area contributed by atoms with Gasteiger partial charge in [-0.2, -0.15) is 5.10 Å². The van der Waals surface area contributed by atoms with Gasteiger partial charge in [0.15, 0.2) is 5.82 Å². The molecular weight excluding hydrogens is 324 g/mol. The first-order valence-electron chi connectivity index (χ1n) is 8.65. The van der Waals surface area contributed by atoms with E-state index in [-0.39, 0.29) is 12.1 Å². The van der Waals surface area contributed by atoms with Crippen LogP contribution in [0, 0.1) is 0 Å². The molecule has 2 aliphatic rings. The van der Waals surface area contributed by atoms with Crippen molar-refractivity contribution >= 4 is 17.4 Å². The maximum atomic E-state index is 12.2. The number of hydrogen-bond donors (Lipinski definition) is 2. The molecule has 0 saturated heterocycles. The fourth-order valence-corrected chi connectivity index (χ4v) is 3.98. The van der Waals surface area contributed by atoms with Gasteiger partial charge in [0.25, 0.3) is 0 Å². The van der Waals surface area contributed by atoms with Gasteiger partial charge in [0, 0.05) is 24.3 Å². The van der Waals surface area contributed by atoms with E-state index in [0.717, 1.165) is 43.1 Å². The lowest BCUT2D eigenvalue weighted by atomic mass is 10.1. The zero-order valence-electron chi connectivity index (χ0n) is 13.8. The Morgan fingerprint density at radius 1 is 1.38 bits per heavy atom. The first-order chi connectivity index (χ1) is 11.7. The first-order valence-corrected chi connectivity index (χ1v) is 9.53. The molecule has 1 atom stereocenters. The van der Waals surface area contributed by atoms with E-state index >= 15 is 0 Å². The van der Waals surface area contributed by atoms with Crippen molar-refractivity contribution in [3.8, 4) is 0 Å². The highest BCUT2D eigenvalue weighted by molar-refractivity contribution is 7.09. The Hall–Kier alpha value is -1.96. The molecule has 24 heavy (non-hydrogen) atoms. The molecule has 2 aromatic heterocycles. The van der Waals surface area contributed by atoms with Gasteiger partial charge in [0.2, 0.25) is 0 Å². The molecule has 0 spiro atoms. The summed E-state index contributed by atoms with van der Waals surface area (Å²) >= 11 is 1.70. The second-order valence-electron chi connectivity index (χ2n) is 6.44. The van der Waals surface area contributed by atoms with Gasteiger partial charge in [0.1, 0.15) is 5.82 Å². The molecule has 8 heteroatoms. The van der Waals surface area contributed by atoms with E-state index in [0.29, 0.717) is 12.5 Å². The molecule has 0 bridgehead atoms. The van der Waals surface area contributed by atoms with E-state index in [2.05, 4.69) is 25.7 Å². The van der Waals surface area contributed by atoms with Crippen LogP contribution in [0.1, 0.15) is 66.9 Å². The van der Waals surface area contributed by atoms with Crippen LogP contribution < -0.4 is 10.6 Å². The zero-order valence-corrected chi connectivity index (χ0v) is 14.6. The molecule has 2 aromatic rings. The fraction of sp³-hybridized carbons (Fsp3) is 0.625. The monoisotopic (exact) mass is 346 g/mol. The third kappa shape index (κ3) is 3.28. The molecule has 2 amide bonds. The van der Waals surface area contributed by atoms with E-state index in [1.165, 1.54) is 17.8 Å². The quantitative estimate of drug-likeness (QED) is 0.871. The summed E-state index contributed by atoms with van der Waals surface area (Å²) in [6.07, 6.45) is 5.22. The fourth-order valence-electron chi connectivity index (χ4n) is 2.99. The largest absolute Gasteiger partial charge is 0.332 e. The summed E-state index contributed by atoms with van der Waals surface area (Å²) in [5.41, 5.74) is 0.942. The lowest BCUT2D eigenvalue weighted by Gasteiger charge is -2.23. The summed E-state index contributed by atoms with van der Waals surface area (Å²) < 4.78 is 1.93. The van der Waals surface area contributed by atoms with Crippen molar-refractivity contribution < 1.29 is 4.79 Å². The van der Waals surface area contributed by atoms with Crippen LogP contribution in [0.5, 0.6) is 0 Å². The molecule has 1 aliphatic heterocycles. The molecular formula is C16H22N6OS. The number of fused-ring (bicyclic) bond motifs is 1. The average Bonchev–Trinajstić information content (AvgIpc) is 3.17. The predicted molar refractivity (Wildman–Crippen MR) is 90.8 cm³/mol. The third-order valence-corrected chi connectivity index (χ3v) is 5.52. The number of carbonyl (C=O) groups is 1. The Balaban J connectivity index is 1.33. The van der Waals surface area contributed by atoms with Gasteiger partial charge in [0.05, 0.1) is 23.3 Å². The minimum Gasteiger partial charge on any atom is -0.332 e. The van der Waals surface area contributed by atoms with Crippen LogP contribution in [-0.4, -0.2) is 25.8 Å². The summed E-state index contributed by atoms with van der Waals surface area (Å²) in [6.45, 7) is 3.39.